The van der Waals surface area contributed by atoms with Crippen molar-refractivity contribution in [3.05, 3.63) is 95.3 Å². The van der Waals surface area contributed by atoms with Gasteiger partial charge in [0.25, 0.3) is 0 Å². The molecular formula is C34H40N8O2. The summed E-state index contributed by atoms with van der Waals surface area (Å²) in [7, 11) is 7.91. The van der Waals surface area contributed by atoms with Crippen molar-refractivity contribution in [2.24, 2.45) is 0 Å². The molecule has 2 atom stereocenters. The number of benzene rings is 2. The molecule has 2 heterocycles. The Labute approximate surface area is 258 Å². The zero-order valence-electron chi connectivity index (χ0n) is 25.8. The Morgan fingerprint density at radius 1 is 0.659 bits per heavy atom. The number of nitrogens with zero attached hydrogens (tertiary/aromatic N) is 6. The van der Waals surface area contributed by atoms with E-state index >= 15 is 0 Å². The Kier molecular flexibility index (Phi) is 9.79. The maximum Gasteiger partial charge on any atom is 0.229 e. The average molecular weight is 593 g/mol. The monoisotopic (exact) mass is 592 g/mol. The highest BCUT2D eigenvalue weighted by atomic mass is 16.2. The first-order valence-electron chi connectivity index (χ1n) is 15.0. The molecule has 228 valence electrons. The second-order valence-corrected chi connectivity index (χ2v) is 11.8. The van der Waals surface area contributed by atoms with Crippen LogP contribution >= 0.6 is 0 Å². The molecule has 0 saturated heterocycles. The van der Waals surface area contributed by atoms with Crippen molar-refractivity contribution in [3.8, 4) is 0 Å². The first-order valence-corrected chi connectivity index (χ1v) is 15.0. The molecule has 10 nitrogen and oxygen atoms in total. The number of nitrogens with one attached hydrogen (secondary N) is 2. The first kappa shape index (κ1) is 30.6. The third-order valence-electron chi connectivity index (χ3n) is 8.00. The molecule has 0 radical (unpaired) electrons. The van der Waals surface area contributed by atoms with Crippen molar-refractivity contribution in [2.75, 3.05) is 48.6 Å². The third-order valence-corrected chi connectivity index (χ3v) is 8.00. The van der Waals surface area contributed by atoms with Gasteiger partial charge < -0.3 is 20.4 Å². The van der Waals surface area contributed by atoms with Gasteiger partial charge in [-0.2, -0.15) is 10.2 Å². The summed E-state index contributed by atoms with van der Waals surface area (Å²) in [6.45, 7) is 0. The molecule has 0 spiro atoms. The smallest absolute Gasteiger partial charge is 0.229 e. The zero-order chi connectivity index (χ0) is 31.1. The average Bonchev–Trinajstić information content (AvgIpc) is 3.02. The van der Waals surface area contributed by atoms with Gasteiger partial charge >= 0.3 is 0 Å². The Morgan fingerprint density at radius 2 is 1.11 bits per heavy atom. The molecule has 0 aliphatic heterocycles. The largest absolute Gasteiger partial charge is 0.378 e. The molecule has 2 aromatic carbocycles. The van der Waals surface area contributed by atoms with Crippen LogP contribution in [0.2, 0.25) is 0 Å². The summed E-state index contributed by atoms with van der Waals surface area (Å²) in [5, 5.41) is 23.3. The maximum atomic E-state index is 12.6. The van der Waals surface area contributed by atoms with Gasteiger partial charge in [0.15, 0.2) is 11.6 Å². The molecule has 5 rings (SSSR count). The standard InChI is InChI=1S/C34H40N8O2/c1-41(2)27-12-5-8-23(18-27)20-33(43)35-31-16-14-29(37-39-31)25-10-7-11-26(22-25)30-15-17-32(40-38-30)36-34(44)21-24-9-6-13-28(19-24)42(3)4/h5-6,8-9,12-19,25-26H,7,10-11,20-22H2,1-4H3,(H,35,39,43)(H,36,40,44)/t25-,26-/m0/s1. The summed E-state index contributed by atoms with van der Waals surface area (Å²) in [6.07, 6.45) is 4.53. The van der Waals surface area contributed by atoms with E-state index in [0.29, 0.717) is 11.6 Å². The lowest BCUT2D eigenvalue weighted by molar-refractivity contribution is -0.116. The molecule has 4 aromatic rings. The summed E-state index contributed by atoms with van der Waals surface area (Å²) in [5.74, 6) is 1.14. The van der Waals surface area contributed by atoms with Crippen LogP contribution in [-0.4, -0.2) is 60.4 Å². The van der Waals surface area contributed by atoms with Crippen LogP contribution in [0.25, 0.3) is 0 Å². The summed E-state index contributed by atoms with van der Waals surface area (Å²) in [5.41, 5.74) is 5.82. The summed E-state index contributed by atoms with van der Waals surface area (Å²) >= 11 is 0. The number of hydrogen-bond donors (Lipinski definition) is 2. The molecule has 0 unspecified atom stereocenters. The van der Waals surface area contributed by atoms with Crippen LogP contribution in [-0.2, 0) is 22.4 Å². The van der Waals surface area contributed by atoms with Crippen molar-refractivity contribution in [1.29, 1.82) is 0 Å². The minimum absolute atomic E-state index is 0.127. The van der Waals surface area contributed by atoms with Crippen molar-refractivity contribution in [2.45, 2.75) is 50.4 Å². The predicted molar refractivity (Wildman–Crippen MR) is 174 cm³/mol. The van der Waals surface area contributed by atoms with Crippen molar-refractivity contribution in [3.63, 3.8) is 0 Å². The molecule has 1 saturated carbocycles. The Bertz CT molecular complexity index is 1450. The summed E-state index contributed by atoms with van der Waals surface area (Å²) < 4.78 is 0. The molecule has 2 aromatic heterocycles. The van der Waals surface area contributed by atoms with Gasteiger partial charge in [-0.3, -0.25) is 9.59 Å². The van der Waals surface area contributed by atoms with E-state index in [1.54, 1.807) is 0 Å². The van der Waals surface area contributed by atoms with E-state index in [-0.39, 0.29) is 36.5 Å². The Hall–Kier alpha value is -4.86. The normalized spacial score (nSPS) is 16.2. The van der Waals surface area contributed by atoms with Gasteiger partial charge in [0.2, 0.25) is 11.8 Å². The van der Waals surface area contributed by atoms with Crippen molar-refractivity contribution < 1.29 is 9.59 Å². The Balaban J connectivity index is 1.13. The van der Waals surface area contributed by atoms with E-state index in [9.17, 15) is 9.59 Å². The highest BCUT2D eigenvalue weighted by Crippen LogP contribution is 2.40. The van der Waals surface area contributed by atoms with Crippen LogP contribution in [0.1, 0.15) is 60.0 Å². The van der Waals surface area contributed by atoms with Gasteiger partial charge in [-0.15, -0.1) is 10.2 Å². The quantitative estimate of drug-likeness (QED) is 0.258. The van der Waals surface area contributed by atoms with Gasteiger partial charge in [-0.25, -0.2) is 0 Å². The second-order valence-electron chi connectivity index (χ2n) is 11.8. The van der Waals surface area contributed by atoms with Crippen LogP contribution in [0.15, 0.2) is 72.8 Å². The van der Waals surface area contributed by atoms with Gasteiger partial charge in [-0.05, 0) is 78.9 Å². The molecule has 0 bridgehead atoms. The summed E-state index contributed by atoms with van der Waals surface area (Å²) in [4.78, 5) is 29.3. The lowest BCUT2D eigenvalue weighted by atomic mass is 9.78. The van der Waals surface area contributed by atoms with Crippen LogP contribution < -0.4 is 20.4 Å². The minimum Gasteiger partial charge on any atom is -0.378 e. The number of rotatable bonds is 10. The first-order chi connectivity index (χ1) is 21.2. The van der Waals surface area contributed by atoms with Crippen LogP contribution in [0, 0.1) is 0 Å². The minimum atomic E-state index is -0.127. The van der Waals surface area contributed by atoms with E-state index in [4.69, 9.17) is 0 Å². The highest BCUT2D eigenvalue weighted by Gasteiger charge is 2.27. The molecule has 1 aliphatic carbocycles. The number of aromatic nitrogens is 4. The number of hydrogen-bond acceptors (Lipinski definition) is 8. The van der Waals surface area contributed by atoms with Crippen LogP contribution in [0.5, 0.6) is 0 Å². The van der Waals surface area contributed by atoms with E-state index in [2.05, 4.69) is 31.0 Å². The molecule has 1 aliphatic rings. The number of carbonyl (C=O) groups is 2. The second kappa shape index (κ2) is 14.1. The van der Waals surface area contributed by atoms with Crippen molar-refractivity contribution in [1.82, 2.24) is 20.4 Å². The van der Waals surface area contributed by atoms with Crippen LogP contribution in [0.3, 0.4) is 0 Å². The zero-order valence-corrected chi connectivity index (χ0v) is 25.8. The molecular weight excluding hydrogens is 552 g/mol. The Morgan fingerprint density at radius 3 is 1.50 bits per heavy atom. The highest BCUT2D eigenvalue weighted by molar-refractivity contribution is 5.92. The lowest BCUT2D eigenvalue weighted by Gasteiger charge is -2.28. The predicted octanol–water partition coefficient (Wildman–Crippen LogP) is 5.20. The lowest BCUT2D eigenvalue weighted by Crippen LogP contribution is -2.19. The van der Waals surface area contributed by atoms with Gasteiger partial charge in [0, 0.05) is 51.4 Å². The number of amides is 2. The van der Waals surface area contributed by atoms with E-state index < -0.39 is 0 Å². The molecule has 44 heavy (non-hydrogen) atoms. The fourth-order valence-electron chi connectivity index (χ4n) is 5.62. The SMILES string of the molecule is CN(C)c1cccc(CC(=O)Nc2ccc([C@H]3CCC[C@H](c4ccc(NC(=O)Cc5cccc(N(C)C)c5)nn4)C3)nn2)c1. The van der Waals surface area contributed by atoms with Crippen molar-refractivity contribution >= 4 is 34.8 Å². The number of carbonyl (C=O) groups excluding carboxylic acids is 2. The van der Waals surface area contributed by atoms with Gasteiger partial charge in [0.1, 0.15) is 0 Å². The summed E-state index contributed by atoms with van der Waals surface area (Å²) in [6, 6.07) is 23.4. The van der Waals surface area contributed by atoms with E-state index in [0.717, 1.165) is 59.6 Å². The number of anilines is 4. The molecule has 2 amide bonds. The van der Waals surface area contributed by atoms with E-state index in [1.165, 1.54) is 0 Å². The third kappa shape index (κ3) is 8.15. The van der Waals surface area contributed by atoms with Gasteiger partial charge in [-0.1, -0.05) is 30.7 Å². The maximum absolute atomic E-state index is 12.6. The van der Waals surface area contributed by atoms with Crippen LogP contribution in [0.4, 0.5) is 23.0 Å². The van der Waals surface area contributed by atoms with E-state index in [1.807, 2.05) is 111 Å². The fourth-order valence-corrected chi connectivity index (χ4v) is 5.62. The molecule has 2 N–H and O–H groups in total. The topological polar surface area (TPSA) is 116 Å². The molecule has 1 fully saturated rings. The van der Waals surface area contributed by atoms with Gasteiger partial charge in [0.05, 0.1) is 24.2 Å². The fraction of sp³-hybridized carbons (Fsp3) is 0.353. The molecule has 10 heteroatoms.